The van der Waals surface area contributed by atoms with E-state index < -0.39 is 0 Å². The average molecular weight is 743 g/mol. The van der Waals surface area contributed by atoms with Gasteiger partial charge in [0.15, 0.2) is 0 Å². The van der Waals surface area contributed by atoms with Gasteiger partial charge in [0.2, 0.25) is 0 Å². The zero-order valence-corrected chi connectivity index (χ0v) is 23.8. The first kappa shape index (κ1) is 25.1. The maximum absolute atomic E-state index is 12.9. The van der Waals surface area contributed by atoms with E-state index >= 15 is 0 Å². The van der Waals surface area contributed by atoms with Gasteiger partial charge in [-0.15, -0.1) is 0 Å². The second-order valence-electron chi connectivity index (χ2n) is 6.84. The Kier molecular flexibility index (Phi) is 8.18. The Morgan fingerprint density at radius 1 is 0.939 bits per heavy atom. The molecule has 3 aromatic rings. The maximum atomic E-state index is 12.9. The van der Waals surface area contributed by atoms with E-state index in [1.807, 2.05) is 18.2 Å². The van der Waals surface area contributed by atoms with E-state index in [-0.39, 0.29) is 11.1 Å². The molecule has 1 saturated heterocycles. The summed E-state index contributed by atoms with van der Waals surface area (Å²) in [5, 5.41) is 1.20. The van der Waals surface area contributed by atoms with Gasteiger partial charge in [-0.3, -0.25) is 9.59 Å². The van der Waals surface area contributed by atoms with E-state index in [1.165, 1.54) is 0 Å². The number of hydrogen-bond donors (Lipinski definition) is 0. The first-order valence-electron chi connectivity index (χ1n) is 9.32. The van der Waals surface area contributed by atoms with Crippen molar-refractivity contribution in [3.05, 3.63) is 92.8 Å². The lowest BCUT2D eigenvalue weighted by Crippen LogP contribution is -2.27. The van der Waals surface area contributed by atoms with Gasteiger partial charge in [0.25, 0.3) is 11.1 Å². The molecule has 10 heteroatoms. The molecule has 0 N–H and O–H groups in total. The highest BCUT2D eigenvalue weighted by Crippen LogP contribution is 2.38. The van der Waals surface area contributed by atoms with Crippen LogP contribution < -0.4 is 9.64 Å². The second kappa shape index (κ2) is 10.7. The quantitative estimate of drug-likeness (QED) is 0.194. The summed E-state index contributed by atoms with van der Waals surface area (Å²) in [6, 6.07) is 15.7. The van der Waals surface area contributed by atoms with Crippen molar-refractivity contribution in [2.24, 2.45) is 0 Å². The van der Waals surface area contributed by atoms with Crippen LogP contribution in [-0.4, -0.2) is 11.1 Å². The van der Waals surface area contributed by atoms with Crippen LogP contribution in [0, 0.1) is 7.14 Å². The lowest BCUT2D eigenvalue weighted by molar-refractivity contribution is -0.113. The predicted molar refractivity (Wildman–Crippen MR) is 153 cm³/mol. The van der Waals surface area contributed by atoms with Gasteiger partial charge < -0.3 is 4.74 Å². The molecule has 0 aromatic heterocycles. The summed E-state index contributed by atoms with van der Waals surface area (Å²) in [5.41, 5.74) is 2.06. The largest absolute Gasteiger partial charge is 0.487 e. The number of rotatable bonds is 5. The van der Waals surface area contributed by atoms with Crippen molar-refractivity contribution >= 4 is 115 Å². The summed E-state index contributed by atoms with van der Waals surface area (Å²) in [6.45, 7) is 0.292. The van der Waals surface area contributed by atoms with Crippen LogP contribution in [0.15, 0.2) is 59.5 Å². The monoisotopic (exact) mass is 741 g/mol. The molecule has 1 heterocycles. The molecule has 2 amide bonds. The Hall–Kier alpha value is -0.980. The van der Waals surface area contributed by atoms with Gasteiger partial charge in [-0.05, 0) is 111 Å². The zero-order chi connectivity index (χ0) is 23.7. The molecule has 3 aromatic carbocycles. The number of ether oxygens (including phenoxy) is 1. The van der Waals surface area contributed by atoms with Crippen LogP contribution in [0.4, 0.5) is 10.5 Å². The molecule has 4 nitrogen and oxygen atoms in total. The Morgan fingerprint density at radius 2 is 1.64 bits per heavy atom. The van der Waals surface area contributed by atoms with Crippen LogP contribution in [0.2, 0.25) is 15.1 Å². The zero-order valence-electron chi connectivity index (χ0n) is 16.5. The number of imide groups is 1. The number of anilines is 1. The van der Waals surface area contributed by atoms with Crippen LogP contribution in [0.1, 0.15) is 11.1 Å². The number of hydrogen-bond acceptors (Lipinski definition) is 4. The molecule has 0 atom stereocenters. The summed E-state index contributed by atoms with van der Waals surface area (Å²) >= 11 is 23.5. The van der Waals surface area contributed by atoms with Gasteiger partial charge in [-0.2, -0.15) is 0 Å². The van der Waals surface area contributed by atoms with Crippen LogP contribution in [-0.2, 0) is 11.4 Å². The van der Waals surface area contributed by atoms with Gasteiger partial charge in [-0.1, -0.05) is 46.9 Å². The van der Waals surface area contributed by atoms with Gasteiger partial charge in [-0.25, -0.2) is 4.90 Å². The van der Waals surface area contributed by atoms with Crippen LogP contribution in [0.5, 0.6) is 5.75 Å². The molecule has 0 radical (unpaired) electrons. The van der Waals surface area contributed by atoms with Crippen molar-refractivity contribution in [1.29, 1.82) is 0 Å². The molecule has 168 valence electrons. The molecule has 0 saturated carbocycles. The Morgan fingerprint density at radius 3 is 2.30 bits per heavy atom. The third-order valence-corrected chi connectivity index (χ3v) is 7.86. The second-order valence-corrected chi connectivity index (χ2v) is 11.4. The minimum atomic E-state index is -0.380. The maximum Gasteiger partial charge on any atom is 0.298 e. The molecular weight excluding hydrogens is 730 g/mol. The third kappa shape index (κ3) is 5.82. The standard InChI is InChI=1S/C23H12Cl3I2NO3S/c24-14-2-1-3-16(9-14)29-22(30)20(33-23(29)31)8-12-6-18(27)21(19(28)7-12)32-11-13-4-5-15(25)10-17(13)26/h1-10H,11H2/b20-8+. The minimum absolute atomic E-state index is 0.292. The van der Waals surface area contributed by atoms with Gasteiger partial charge in [0, 0.05) is 20.6 Å². The number of carbonyl (C=O) groups is 2. The highest BCUT2D eigenvalue weighted by molar-refractivity contribution is 14.1. The Bertz CT molecular complexity index is 1290. The fraction of sp³-hybridized carbons (Fsp3) is 0.0435. The van der Waals surface area contributed by atoms with Crippen molar-refractivity contribution in [3.8, 4) is 5.75 Å². The summed E-state index contributed by atoms with van der Waals surface area (Å²) < 4.78 is 7.74. The normalized spacial score (nSPS) is 14.9. The highest BCUT2D eigenvalue weighted by Gasteiger charge is 2.36. The molecule has 4 rings (SSSR count). The van der Waals surface area contributed by atoms with Crippen molar-refractivity contribution in [2.45, 2.75) is 6.61 Å². The number of nitrogens with zero attached hydrogens (tertiary/aromatic N) is 1. The molecule has 33 heavy (non-hydrogen) atoms. The summed E-state index contributed by atoms with van der Waals surface area (Å²) in [4.78, 5) is 26.9. The van der Waals surface area contributed by atoms with E-state index in [2.05, 4.69) is 45.2 Å². The van der Waals surface area contributed by atoms with Gasteiger partial charge >= 0.3 is 0 Å². The topological polar surface area (TPSA) is 46.6 Å². The fourth-order valence-electron chi connectivity index (χ4n) is 3.05. The lowest BCUT2D eigenvalue weighted by Gasteiger charge is -2.13. The fourth-order valence-corrected chi connectivity index (χ4v) is 6.66. The number of thioether (sulfide) groups is 1. The summed E-state index contributed by atoms with van der Waals surface area (Å²) in [7, 11) is 0. The Balaban J connectivity index is 1.55. The van der Waals surface area contributed by atoms with Crippen molar-refractivity contribution in [3.63, 3.8) is 0 Å². The SMILES string of the molecule is O=C1S/C(=C/c2cc(I)c(OCc3ccc(Cl)cc3Cl)c(I)c2)C(=O)N1c1cccc(Cl)c1. The lowest BCUT2D eigenvalue weighted by atomic mass is 10.2. The minimum Gasteiger partial charge on any atom is -0.487 e. The summed E-state index contributed by atoms with van der Waals surface area (Å²) in [5.74, 6) is 0.335. The number of halogens is 5. The van der Waals surface area contributed by atoms with E-state index in [4.69, 9.17) is 39.5 Å². The number of benzene rings is 3. The number of carbonyl (C=O) groups excluding carboxylic acids is 2. The third-order valence-electron chi connectivity index (χ3n) is 4.57. The molecule has 0 bridgehead atoms. The molecule has 0 aliphatic carbocycles. The van der Waals surface area contributed by atoms with Crippen LogP contribution in [0.25, 0.3) is 6.08 Å². The van der Waals surface area contributed by atoms with Crippen molar-refractivity contribution in [1.82, 2.24) is 0 Å². The molecule has 1 aliphatic rings. The molecule has 1 aliphatic heterocycles. The van der Waals surface area contributed by atoms with E-state index in [0.29, 0.717) is 38.0 Å². The van der Waals surface area contributed by atoms with Gasteiger partial charge in [0.1, 0.15) is 12.4 Å². The molecule has 0 spiro atoms. The Labute approximate surface area is 236 Å². The summed E-state index contributed by atoms with van der Waals surface area (Å²) in [6.07, 6.45) is 1.71. The first-order chi connectivity index (χ1) is 15.7. The van der Waals surface area contributed by atoms with Gasteiger partial charge in [0.05, 0.1) is 17.7 Å². The van der Waals surface area contributed by atoms with Crippen molar-refractivity contribution < 1.29 is 14.3 Å². The van der Waals surface area contributed by atoms with Crippen molar-refractivity contribution in [2.75, 3.05) is 4.90 Å². The van der Waals surface area contributed by atoms with E-state index in [0.717, 1.165) is 34.9 Å². The predicted octanol–water partition coefficient (Wildman–Crippen LogP) is 8.68. The molecule has 0 unspecified atom stereocenters. The van der Waals surface area contributed by atoms with Crippen LogP contribution >= 0.6 is 91.7 Å². The first-order valence-corrected chi connectivity index (χ1v) is 13.4. The highest BCUT2D eigenvalue weighted by atomic mass is 127. The van der Waals surface area contributed by atoms with E-state index in [1.54, 1.807) is 42.5 Å². The average Bonchev–Trinajstić information content (AvgIpc) is 3.01. The molecule has 1 fully saturated rings. The number of amides is 2. The van der Waals surface area contributed by atoms with E-state index in [9.17, 15) is 9.59 Å². The smallest absolute Gasteiger partial charge is 0.298 e. The molecular formula is C23H12Cl3I2NO3S. The van der Waals surface area contributed by atoms with Crippen LogP contribution in [0.3, 0.4) is 0 Å².